The van der Waals surface area contributed by atoms with E-state index in [1.807, 2.05) is 0 Å². The van der Waals surface area contributed by atoms with Gasteiger partial charge in [0.15, 0.2) is 0 Å². The summed E-state index contributed by atoms with van der Waals surface area (Å²) < 4.78 is 0. The average molecular weight is 228 g/mol. The van der Waals surface area contributed by atoms with E-state index >= 15 is 0 Å². The molecule has 0 bridgehead atoms. The van der Waals surface area contributed by atoms with E-state index in [0.717, 1.165) is 0 Å². The van der Waals surface area contributed by atoms with Gasteiger partial charge in [-0.1, -0.05) is 6.92 Å². The van der Waals surface area contributed by atoms with Crippen LogP contribution in [-0.4, -0.2) is 47.4 Å². The monoisotopic (exact) mass is 228 g/mol. The number of carbonyl (C=O) groups is 3. The molecule has 90 valence electrons. The highest BCUT2D eigenvalue weighted by molar-refractivity contribution is 5.91. The summed E-state index contributed by atoms with van der Waals surface area (Å²) in [7, 11) is 1.63. The molecule has 6 nitrogen and oxygen atoms in total. The van der Waals surface area contributed by atoms with Crippen molar-refractivity contribution < 1.29 is 19.5 Å². The zero-order valence-corrected chi connectivity index (χ0v) is 9.40. The van der Waals surface area contributed by atoms with E-state index in [2.05, 4.69) is 5.32 Å². The summed E-state index contributed by atoms with van der Waals surface area (Å²) in [5.41, 5.74) is 0. The van der Waals surface area contributed by atoms with Crippen LogP contribution >= 0.6 is 0 Å². The highest BCUT2D eigenvalue weighted by Gasteiger charge is 2.33. The molecule has 16 heavy (non-hydrogen) atoms. The normalized spacial score (nSPS) is 22.0. The van der Waals surface area contributed by atoms with Gasteiger partial charge in [0.2, 0.25) is 11.8 Å². The molecule has 0 radical (unpaired) electrons. The first-order valence-corrected chi connectivity index (χ1v) is 5.22. The molecule has 0 aromatic rings. The van der Waals surface area contributed by atoms with Gasteiger partial charge in [0.25, 0.3) is 0 Å². The Morgan fingerprint density at radius 1 is 1.62 bits per heavy atom. The zero-order chi connectivity index (χ0) is 12.3. The molecule has 1 heterocycles. The lowest BCUT2D eigenvalue weighted by Gasteiger charge is -2.15. The summed E-state index contributed by atoms with van der Waals surface area (Å²) in [5.74, 6) is -1.91. The lowest BCUT2D eigenvalue weighted by Crippen LogP contribution is -2.43. The summed E-state index contributed by atoms with van der Waals surface area (Å²) in [4.78, 5) is 35.1. The number of nitrogens with zero attached hydrogens (tertiary/aromatic N) is 1. The van der Waals surface area contributed by atoms with Crippen molar-refractivity contribution >= 4 is 17.8 Å². The zero-order valence-electron chi connectivity index (χ0n) is 9.40. The van der Waals surface area contributed by atoms with Crippen LogP contribution in [0.1, 0.15) is 19.8 Å². The van der Waals surface area contributed by atoms with Crippen molar-refractivity contribution in [2.45, 2.75) is 25.8 Å². The minimum absolute atomic E-state index is 0.0801. The highest BCUT2D eigenvalue weighted by Crippen LogP contribution is 2.16. The summed E-state index contributed by atoms with van der Waals surface area (Å²) in [6.07, 6.45) is 0.496. The van der Waals surface area contributed by atoms with Gasteiger partial charge >= 0.3 is 5.97 Å². The van der Waals surface area contributed by atoms with Crippen molar-refractivity contribution in [3.63, 3.8) is 0 Å². The lowest BCUT2D eigenvalue weighted by molar-refractivity contribution is -0.142. The maximum absolute atomic E-state index is 11.7. The number of aliphatic carboxylic acids is 1. The van der Waals surface area contributed by atoms with E-state index in [4.69, 9.17) is 5.11 Å². The highest BCUT2D eigenvalue weighted by atomic mass is 16.4. The van der Waals surface area contributed by atoms with Gasteiger partial charge in [0.1, 0.15) is 6.04 Å². The number of amides is 2. The maximum atomic E-state index is 11.7. The molecule has 6 heteroatoms. The smallest absolute Gasteiger partial charge is 0.326 e. The number of hydrogen-bond donors (Lipinski definition) is 2. The largest absolute Gasteiger partial charge is 0.480 e. The first kappa shape index (κ1) is 12.5. The van der Waals surface area contributed by atoms with E-state index < -0.39 is 17.9 Å². The fourth-order valence-corrected chi connectivity index (χ4v) is 1.67. The Labute approximate surface area is 93.6 Å². The van der Waals surface area contributed by atoms with Gasteiger partial charge in [-0.3, -0.25) is 9.59 Å². The van der Waals surface area contributed by atoms with Crippen molar-refractivity contribution in [1.29, 1.82) is 0 Å². The fraction of sp³-hybridized carbons (Fsp3) is 0.700. The quantitative estimate of drug-likeness (QED) is 0.675. The molecule has 1 aliphatic rings. The van der Waals surface area contributed by atoms with E-state index in [1.54, 1.807) is 14.0 Å². The Hall–Kier alpha value is -1.59. The van der Waals surface area contributed by atoms with Gasteiger partial charge < -0.3 is 15.3 Å². The second-order valence-corrected chi connectivity index (χ2v) is 3.98. The van der Waals surface area contributed by atoms with Crippen LogP contribution in [0.2, 0.25) is 0 Å². The van der Waals surface area contributed by atoms with Gasteiger partial charge in [-0.05, 0) is 6.42 Å². The third kappa shape index (κ3) is 2.71. The second-order valence-electron chi connectivity index (χ2n) is 3.98. The first-order chi connectivity index (χ1) is 7.45. The van der Waals surface area contributed by atoms with Crippen molar-refractivity contribution in [1.82, 2.24) is 10.2 Å². The van der Waals surface area contributed by atoms with Gasteiger partial charge in [0, 0.05) is 20.0 Å². The molecule has 1 unspecified atom stereocenters. The van der Waals surface area contributed by atoms with E-state index in [0.29, 0.717) is 13.0 Å². The Morgan fingerprint density at radius 2 is 2.25 bits per heavy atom. The van der Waals surface area contributed by atoms with Gasteiger partial charge in [-0.25, -0.2) is 4.79 Å². The number of rotatable bonds is 4. The third-order valence-electron chi connectivity index (χ3n) is 2.73. The topological polar surface area (TPSA) is 86.7 Å². The molecule has 2 atom stereocenters. The standard InChI is InChI=1S/C10H16N2O4/c1-3-7(10(15)16)11-9(14)6-4-8(13)12(2)5-6/h6-7H,3-5H2,1-2H3,(H,11,14)(H,15,16)/t6?,7-/m0/s1. The number of hydrogen-bond acceptors (Lipinski definition) is 3. The van der Waals surface area contributed by atoms with Crippen LogP contribution in [0.3, 0.4) is 0 Å². The molecular weight excluding hydrogens is 212 g/mol. The van der Waals surface area contributed by atoms with Crippen molar-refractivity contribution in [3.8, 4) is 0 Å². The van der Waals surface area contributed by atoms with E-state index in [9.17, 15) is 14.4 Å². The molecule has 1 fully saturated rings. The number of carboxylic acid groups (broad SMARTS) is 1. The summed E-state index contributed by atoms with van der Waals surface area (Å²) >= 11 is 0. The molecule has 1 aliphatic heterocycles. The van der Waals surface area contributed by atoms with Gasteiger partial charge in [0.05, 0.1) is 5.92 Å². The Morgan fingerprint density at radius 3 is 2.62 bits per heavy atom. The van der Waals surface area contributed by atoms with Gasteiger partial charge in [-0.2, -0.15) is 0 Å². The molecular formula is C10H16N2O4. The van der Waals surface area contributed by atoms with Crippen molar-refractivity contribution in [3.05, 3.63) is 0 Å². The molecule has 1 rings (SSSR count). The Balaban J connectivity index is 2.53. The van der Waals surface area contributed by atoms with Crippen molar-refractivity contribution in [2.75, 3.05) is 13.6 Å². The number of carbonyl (C=O) groups excluding carboxylic acids is 2. The van der Waals surface area contributed by atoms with Crippen LogP contribution in [0.25, 0.3) is 0 Å². The second kappa shape index (κ2) is 4.96. The van der Waals surface area contributed by atoms with Crippen LogP contribution in [0.5, 0.6) is 0 Å². The van der Waals surface area contributed by atoms with Crippen LogP contribution in [-0.2, 0) is 14.4 Å². The van der Waals surface area contributed by atoms with Crippen LogP contribution in [0.15, 0.2) is 0 Å². The van der Waals surface area contributed by atoms with E-state index in [1.165, 1.54) is 4.90 Å². The van der Waals surface area contributed by atoms with Gasteiger partial charge in [-0.15, -0.1) is 0 Å². The predicted molar refractivity (Wildman–Crippen MR) is 55.6 cm³/mol. The molecule has 0 aromatic carbocycles. The summed E-state index contributed by atoms with van der Waals surface area (Å²) in [6.45, 7) is 2.05. The Kier molecular flexibility index (Phi) is 3.87. The third-order valence-corrected chi connectivity index (χ3v) is 2.73. The minimum atomic E-state index is -1.05. The number of carboxylic acids is 1. The molecule has 2 N–H and O–H groups in total. The molecule has 2 amide bonds. The molecule has 0 aliphatic carbocycles. The summed E-state index contributed by atoms with van der Waals surface area (Å²) in [5, 5.41) is 11.2. The predicted octanol–water partition coefficient (Wildman–Crippen LogP) is -0.556. The van der Waals surface area contributed by atoms with E-state index in [-0.39, 0.29) is 18.2 Å². The minimum Gasteiger partial charge on any atom is -0.480 e. The number of likely N-dealkylation sites (tertiary alicyclic amines) is 1. The Bertz CT molecular complexity index is 316. The lowest BCUT2D eigenvalue weighted by atomic mass is 10.1. The molecule has 0 spiro atoms. The van der Waals surface area contributed by atoms with Crippen LogP contribution in [0.4, 0.5) is 0 Å². The average Bonchev–Trinajstić information content (AvgIpc) is 2.55. The maximum Gasteiger partial charge on any atom is 0.326 e. The van der Waals surface area contributed by atoms with Crippen molar-refractivity contribution in [2.24, 2.45) is 5.92 Å². The van der Waals surface area contributed by atoms with Crippen LogP contribution < -0.4 is 5.32 Å². The molecule has 1 saturated heterocycles. The fourth-order valence-electron chi connectivity index (χ4n) is 1.67. The SMILES string of the molecule is CC[C@H](NC(=O)C1CC(=O)N(C)C1)C(=O)O. The molecule has 0 aromatic heterocycles. The first-order valence-electron chi connectivity index (χ1n) is 5.22. The van der Waals surface area contributed by atoms with Crippen LogP contribution in [0, 0.1) is 5.92 Å². The number of nitrogens with one attached hydrogen (secondary N) is 1. The summed E-state index contributed by atoms with van der Waals surface area (Å²) in [6, 6.07) is -0.867. The molecule has 0 saturated carbocycles.